The molecule has 33 heavy (non-hydrogen) atoms. The molecule has 0 amide bonds. The summed E-state index contributed by atoms with van der Waals surface area (Å²) in [5.74, 6) is 2.52. The topological polar surface area (TPSA) is 80.0 Å². The Morgan fingerprint density at radius 1 is 1.15 bits per heavy atom. The zero-order valence-electron chi connectivity index (χ0n) is 18.9. The van der Waals surface area contributed by atoms with Crippen molar-refractivity contribution in [2.45, 2.75) is 51.0 Å². The van der Waals surface area contributed by atoms with Crippen LogP contribution < -0.4 is 10.9 Å². The Morgan fingerprint density at radius 3 is 2.45 bits per heavy atom. The summed E-state index contributed by atoms with van der Waals surface area (Å²) in [6.45, 7) is 2.33. The number of nitrogens with one attached hydrogen (secondary N) is 1. The summed E-state index contributed by atoms with van der Waals surface area (Å²) in [4.78, 5) is 23.7. The zero-order valence-corrected chi connectivity index (χ0v) is 19.6. The van der Waals surface area contributed by atoms with E-state index in [1.54, 1.807) is 0 Å². The average Bonchev–Trinajstić information content (AvgIpc) is 2.78. The Morgan fingerprint density at radius 2 is 1.82 bits per heavy atom. The van der Waals surface area contributed by atoms with Gasteiger partial charge in [-0.3, -0.25) is 9.36 Å². The van der Waals surface area contributed by atoms with Gasteiger partial charge in [-0.05, 0) is 74.8 Å². The van der Waals surface area contributed by atoms with Crippen LogP contribution >= 0.6 is 11.6 Å². The van der Waals surface area contributed by atoms with Crippen molar-refractivity contribution in [3.8, 4) is 11.1 Å². The van der Waals surface area contributed by atoms with Crippen LogP contribution in [0.1, 0.15) is 44.1 Å². The number of aliphatic hydroxyl groups is 1. The highest BCUT2D eigenvalue weighted by Crippen LogP contribution is 2.59. The summed E-state index contributed by atoms with van der Waals surface area (Å²) in [5, 5.41) is 13.8. The van der Waals surface area contributed by atoms with Crippen molar-refractivity contribution in [2.24, 2.45) is 17.8 Å². The Bertz CT molecular complexity index is 1270. The van der Waals surface area contributed by atoms with Crippen molar-refractivity contribution >= 4 is 28.6 Å². The average molecular weight is 465 g/mol. The van der Waals surface area contributed by atoms with Crippen molar-refractivity contribution in [3.63, 3.8) is 0 Å². The van der Waals surface area contributed by atoms with E-state index in [0.29, 0.717) is 46.5 Å². The lowest BCUT2D eigenvalue weighted by molar-refractivity contribution is -0.0426. The molecule has 0 saturated heterocycles. The van der Waals surface area contributed by atoms with E-state index in [1.165, 1.54) is 19.3 Å². The van der Waals surface area contributed by atoms with Crippen molar-refractivity contribution < 1.29 is 5.11 Å². The molecule has 4 bridgehead atoms. The molecule has 0 atom stereocenters. The maximum Gasteiger partial charge on any atom is 0.260 e. The molecule has 2 heterocycles. The number of fused-ring (bicyclic) bond motifs is 1. The van der Waals surface area contributed by atoms with Crippen molar-refractivity contribution in [1.29, 1.82) is 0 Å². The van der Waals surface area contributed by atoms with Gasteiger partial charge in [0.1, 0.15) is 5.65 Å². The molecule has 3 aromatic rings. The lowest BCUT2D eigenvalue weighted by Gasteiger charge is -2.57. The molecule has 7 rings (SSSR count). The number of hydrogen-bond acceptors (Lipinski definition) is 5. The minimum Gasteiger partial charge on any atom is -0.395 e. The summed E-state index contributed by atoms with van der Waals surface area (Å²) < 4.78 is 2.03. The Labute approximate surface area is 198 Å². The number of rotatable bonds is 5. The van der Waals surface area contributed by atoms with Crippen LogP contribution in [0.3, 0.4) is 0 Å². The molecule has 2 aromatic heterocycles. The molecule has 4 aliphatic rings. The normalized spacial score (nSPS) is 27.9. The first-order chi connectivity index (χ1) is 16.0. The van der Waals surface area contributed by atoms with Crippen LogP contribution in [0.5, 0.6) is 0 Å². The van der Waals surface area contributed by atoms with Gasteiger partial charge in [-0.25, -0.2) is 4.98 Å². The largest absolute Gasteiger partial charge is 0.395 e. The van der Waals surface area contributed by atoms with E-state index in [0.717, 1.165) is 35.8 Å². The van der Waals surface area contributed by atoms with Gasteiger partial charge in [-0.15, -0.1) is 0 Å². The molecular formula is C26H29ClN4O2. The number of pyridine rings is 1. The van der Waals surface area contributed by atoms with Crippen LogP contribution in [0.4, 0.5) is 5.95 Å². The summed E-state index contributed by atoms with van der Waals surface area (Å²) in [7, 11) is 0. The minimum absolute atomic E-state index is 0.00172. The van der Waals surface area contributed by atoms with Gasteiger partial charge in [0.15, 0.2) is 0 Å². The lowest BCUT2D eigenvalue weighted by Crippen LogP contribution is -2.55. The first kappa shape index (κ1) is 21.1. The molecular weight excluding hydrogens is 436 g/mol. The number of nitrogens with zero attached hydrogens (tertiary/aromatic N) is 3. The van der Waals surface area contributed by atoms with Crippen LogP contribution in [0.15, 0.2) is 35.3 Å². The van der Waals surface area contributed by atoms with Crippen LogP contribution in [-0.2, 0) is 5.54 Å². The molecule has 0 aliphatic heterocycles. The van der Waals surface area contributed by atoms with Crippen LogP contribution in [-0.4, -0.2) is 32.8 Å². The number of aryl methyl sites for hydroxylation is 1. The standard InChI is InChI=1S/C26H29ClN4O2/c1-15-20-14-29-25(28-6-7-32)30-23(20)31(24(33)22(15)19-4-2-3-5-21(19)27)26-11-16-8-17(12-26)10-18(9-16)13-26/h2-5,14,16-18,32H,6-13H2,1H3,(H,28,29,30). The van der Waals surface area contributed by atoms with Gasteiger partial charge in [0.25, 0.3) is 5.56 Å². The highest BCUT2D eigenvalue weighted by molar-refractivity contribution is 6.33. The number of anilines is 1. The molecule has 7 heteroatoms. The highest BCUT2D eigenvalue weighted by Gasteiger charge is 2.53. The van der Waals surface area contributed by atoms with Crippen molar-refractivity contribution in [3.05, 3.63) is 51.4 Å². The third kappa shape index (κ3) is 3.29. The van der Waals surface area contributed by atoms with Gasteiger partial charge in [0, 0.05) is 28.7 Å². The van der Waals surface area contributed by atoms with E-state index in [-0.39, 0.29) is 17.7 Å². The number of hydrogen-bond donors (Lipinski definition) is 2. The van der Waals surface area contributed by atoms with E-state index in [9.17, 15) is 9.90 Å². The van der Waals surface area contributed by atoms with E-state index in [4.69, 9.17) is 16.6 Å². The lowest BCUT2D eigenvalue weighted by atomic mass is 9.53. The molecule has 0 unspecified atom stereocenters. The molecule has 6 nitrogen and oxygen atoms in total. The maximum absolute atomic E-state index is 14.4. The third-order valence-electron chi connectivity index (χ3n) is 8.19. The number of benzene rings is 1. The van der Waals surface area contributed by atoms with E-state index in [1.807, 2.05) is 42.0 Å². The minimum atomic E-state index is -0.198. The van der Waals surface area contributed by atoms with Gasteiger partial charge in [0.05, 0.1) is 17.7 Å². The summed E-state index contributed by atoms with van der Waals surface area (Å²) in [5.41, 5.74) is 2.79. The second-order valence-electron chi connectivity index (χ2n) is 10.3. The van der Waals surface area contributed by atoms with E-state index < -0.39 is 0 Å². The fourth-order valence-electron chi connectivity index (χ4n) is 7.32. The molecule has 0 radical (unpaired) electrons. The number of aromatic nitrogens is 3. The fourth-order valence-corrected chi connectivity index (χ4v) is 7.55. The van der Waals surface area contributed by atoms with Crippen molar-refractivity contribution in [1.82, 2.24) is 14.5 Å². The quantitative estimate of drug-likeness (QED) is 0.569. The fraction of sp³-hybridized carbons (Fsp3) is 0.500. The first-order valence-electron chi connectivity index (χ1n) is 12.0. The molecule has 2 N–H and O–H groups in total. The zero-order chi connectivity index (χ0) is 22.7. The van der Waals surface area contributed by atoms with Crippen LogP contribution in [0, 0.1) is 24.7 Å². The van der Waals surface area contributed by atoms with Gasteiger partial charge < -0.3 is 10.4 Å². The monoisotopic (exact) mass is 464 g/mol. The second kappa shape index (κ2) is 7.81. The first-order valence-corrected chi connectivity index (χ1v) is 12.4. The molecule has 4 saturated carbocycles. The SMILES string of the molecule is Cc1c(-c2ccccc2Cl)c(=O)n(C23CC4CC(CC(C4)C2)C3)c2nc(NCCO)ncc12. The maximum atomic E-state index is 14.4. The van der Waals surface area contributed by atoms with Gasteiger partial charge >= 0.3 is 0 Å². The predicted molar refractivity (Wildman–Crippen MR) is 131 cm³/mol. The summed E-state index contributed by atoms with van der Waals surface area (Å²) in [6.07, 6.45) is 8.84. The van der Waals surface area contributed by atoms with Gasteiger partial charge in [0.2, 0.25) is 5.95 Å². The Balaban J connectivity index is 1.65. The van der Waals surface area contributed by atoms with Crippen LogP contribution in [0.2, 0.25) is 5.02 Å². The molecule has 0 spiro atoms. The third-order valence-corrected chi connectivity index (χ3v) is 8.52. The molecule has 4 aliphatic carbocycles. The van der Waals surface area contributed by atoms with E-state index in [2.05, 4.69) is 10.3 Å². The second-order valence-corrected chi connectivity index (χ2v) is 10.8. The Hall–Kier alpha value is -2.44. The van der Waals surface area contributed by atoms with Gasteiger partial charge in [-0.2, -0.15) is 4.98 Å². The van der Waals surface area contributed by atoms with Crippen molar-refractivity contribution in [2.75, 3.05) is 18.5 Å². The number of aliphatic hydroxyl groups excluding tert-OH is 1. The molecule has 4 fully saturated rings. The van der Waals surface area contributed by atoms with E-state index >= 15 is 0 Å². The number of halogens is 1. The Kier molecular flexibility index (Phi) is 5.00. The van der Waals surface area contributed by atoms with Gasteiger partial charge in [-0.1, -0.05) is 29.8 Å². The van der Waals surface area contributed by atoms with Crippen LogP contribution in [0.25, 0.3) is 22.2 Å². The highest BCUT2D eigenvalue weighted by atomic mass is 35.5. The summed E-state index contributed by atoms with van der Waals surface area (Å²) in [6, 6.07) is 7.59. The molecule has 1 aromatic carbocycles. The summed E-state index contributed by atoms with van der Waals surface area (Å²) >= 11 is 6.59. The smallest absolute Gasteiger partial charge is 0.260 e. The predicted octanol–water partition coefficient (Wildman–Crippen LogP) is 4.75. The molecule has 172 valence electrons.